The van der Waals surface area contributed by atoms with Crippen molar-refractivity contribution in [3.63, 3.8) is 0 Å². The molecule has 3 rings (SSSR count). The summed E-state index contributed by atoms with van der Waals surface area (Å²) in [5, 5.41) is 3.37. The summed E-state index contributed by atoms with van der Waals surface area (Å²) >= 11 is 0. The van der Waals surface area contributed by atoms with Crippen molar-refractivity contribution in [2.24, 2.45) is 0 Å². The Kier molecular flexibility index (Phi) is 4.25. The Morgan fingerprint density at radius 1 is 0.846 bits per heavy atom. The first-order valence-electron chi connectivity index (χ1n) is 7.34. The van der Waals surface area contributed by atoms with E-state index in [2.05, 4.69) is 10.1 Å². The molecule has 26 heavy (non-hydrogen) atoms. The molecule has 0 amide bonds. The van der Waals surface area contributed by atoms with Crippen LogP contribution in [0.15, 0.2) is 48.5 Å². The Morgan fingerprint density at radius 2 is 1.50 bits per heavy atom. The number of benzene rings is 1. The molecule has 3 nitrogen and oxygen atoms in total. The minimum atomic E-state index is -4.71. The topological polar surface area (TPSA) is 30.7 Å². The lowest BCUT2D eigenvalue weighted by atomic mass is 10.1. The maximum atomic E-state index is 13.2. The lowest BCUT2D eigenvalue weighted by molar-refractivity contribution is -0.141. The average molecular weight is 371 g/mol. The van der Waals surface area contributed by atoms with Gasteiger partial charge in [0.05, 0.1) is 11.3 Å². The molecule has 136 valence electrons. The lowest BCUT2D eigenvalue weighted by Gasteiger charge is -2.12. The van der Waals surface area contributed by atoms with Gasteiger partial charge in [-0.2, -0.15) is 31.4 Å². The highest BCUT2D eigenvalue weighted by Gasteiger charge is 2.35. The fourth-order valence-electron chi connectivity index (χ4n) is 2.39. The third-order valence-corrected chi connectivity index (χ3v) is 3.60. The summed E-state index contributed by atoms with van der Waals surface area (Å²) in [5.41, 5.74) is -1.82. The molecule has 0 unspecified atom stereocenters. The third kappa shape index (κ3) is 3.56. The zero-order chi connectivity index (χ0) is 19.1. The zero-order valence-electron chi connectivity index (χ0n) is 13.2. The van der Waals surface area contributed by atoms with Crippen molar-refractivity contribution in [1.82, 2.24) is 14.8 Å². The van der Waals surface area contributed by atoms with E-state index in [-0.39, 0.29) is 17.2 Å². The van der Waals surface area contributed by atoms with Crippen LogP contribution in [0, 0.1) is 6.92 Å². The number of nitrogens with zero attached hydrogens (tertiary/aromatic N) is 3. The van der Waals surface area contributed by atoms with Crippen LogP contribution in [0.1, 0.15) is 17.0 Å². The van der Waals surface area contributed by atoms with Gasteiger partial charge < -0.3 is 0 Å². The molecule has 0 spiro atoms. The number of pyridine rings is 1. The van der Waals surface area contributed by atoms with Gasteiger partial charge in [0, 0.05) is 11.3 Å². The van der Waals surface area contributed by atoms with Crippen molar-refractivity contribution >= 4 is 0 Å². The van der Waals surface area contributed by atoms with Gasteiger partial charge in [-0.25, -0.2) is 9.67 Å². The molecular weight excluding hydrogens is 360 g/mol. The second-order valence-electron chi connectivity index (χ2n) is 5.54. The van der Waals surface area contributed by atoms with Crippen LogP contribution >= 0.6 is 0 Å². The van der Waals surface area contributed by atoms with E-state index < -0.39 is 23.6 Å². The van der Waals surface area contributed by atoms with E-state index in [1.165, 1.54) is 6.92 Å². The Morgan fingerprint density at radius 3 is 2.04 bits per heavy atom. The quantitative estimate of drug-likeness (QED) is 0.574. The van der Waals surface area contributed by atoms with Crippen LogP contribution in [0.5, 0.6) is 0 Å². The van der Waals surface area contributed by atoms with Crippen molar-refractivity contribution in [3.05, 3.63) is 65.5 Å². The van der Waals surface area contributed by atoms with Crippen molar-refractivity contribution in [1.29, 1.82) is 0 Å². The summed E-state index contributed by atoms with van der Waals surface area (Å²) in [6, 6.07) is 10.3. The number of rotatable bonds is 2. The first kappa shape index (κ1) is 18.0. The SMILES string of the molecule is Cc1cc(C(F)(F)F)nn1-c1cc(C(F)(F)F)cc(-c2ccccc2)n1. The van der Waals surface area contributed by atoms with Gasteiger partial charge in [-0.1, -0.05) is 30.3 Å². The predicted molar refractivity (Wildman–Crippen MR) is 81.5 cm³/mol. The summed E-state index contributed by atoms with van der Waals surface area (Å²) in [5.74, 6) is -0.341. The van der Waals surface area contributed by atoms with Gasteiger partial charge in [-0.15, -0.1) is 0 Å². The molecule has 3 aromatic rings. The predicted octanol–water partition coefficient (Wildman–Crippen LogP) is 5.28. The molecule has 0 saturated heterocycles. The largest absolute Gasteiger partial charge is 0.435 e. The number of hydrogen-bond acceptors (Lipinski definition) is 2. The van der Waals surface area contributed by atoms with Crippen LogP contribution in [0.2, 0.25) is 0 Å². The fourth-order valence-corrected chi connectivity index (χ4v) is 2.39. The molecule has 2 heterocycles. The molecule has 0 aliphatic carbocycles. The van der Waals surface area contributed by atoms with Gasteiger partial charge in [0.25, 0.3) is 0 Å². The fraction of sp³-hybridized carbons (Fsp3) is 0.176. The summed E-state index contributed by atoms with van der Waals surface area (Å²) in [6.45, 7) is 1.31. The smallest absolute Gasteiger partial charge is 0.229 e. The van der Waals surface area contributed by atoms with Crippen LogP contribution in [0.4, 0.5) is 26.3 Å². The summed E-state index contributed by atoms with van der Waals surface area (Å²) in [6.07, 6.45) is -9.39. The molecule has 2 aromatic heterocycles. The zero-order valence-corrected chi connectivity index (χ0v) is 13.2. The van der Waals surface area contributed by atoms with Gasteiger partial charge in [-0.05, 0) is 25.1 Å². The molecule has 9 heteroatoms. The highest BCUT2D eigenvalue weighted by Crippen LogP contribution is 2.34. The van der Waals surface area contributed by atoms with Crippen molar-refractivity contribution in [3.8, 4) is 17.1 Å². The third-order valence-electron chi connectivity index (χ3n) is 3.60. The Bertz CT molecular complexity index is 926. The van der Waals surface area contributed by atoms with Gasteiger partial charge in [0.2, 0.25) is 0 Å². The standard InChI is InChI=1S/C17H11F6N3/c1-10-7-14(17(21,22)23)25-26(10)15-9-12(16(18,19)20)8-13(24-15)11-5-3-2-4-6-11/h2-9H,1H3. The molecule has 1 aromatic carbocycles. The van der Waals surface area contributed by atoms with Crippen LogP contribution in [0.3, 0.4) is 0 Å². The van der Waals surface area contributed by atoms with Crippen LogP contribution in [-0.4, -0.2) is 14.8 Å². The monoisotopic (exact) mass is 371 g/mol. The van der Waals surface area contributed by atoms with E-state index in [0.717, 1.165) is 16.8 Å². The van der Waals surface area contributed by atoms with Crippen molar-refractivity contribution in [2.45, 2.75) is 19.3 Å². The minimum Gasteiger partial charge on any atom is -0.229 e. The summed E-state index contributed by atoms with van der Waals surface area (Å²) < 4.78 is 79.0. The average Bonchev–Trinajstić information content (AvgIpc) is 2.97. The lowest BCUT2D eigenvalue weighted by Crippen LogP contribution is -2.11. The van der Waals surface area contributed by atoms with Gasteiger partial charge in [0.1, 0.15) is 0 Å². The highest BCUT2D eigenvalue weighted by molar-refractivity contribution is 5.61. The number of hydrogen-bond donors (Lipinski definition) is 0. The van der Waals surface area contributed by atoms with Crippen molar-refractivity contribution in [2.75, 3.05) is 0 Å². The molecule has 0 aliphatic rings. The molecular formula is C17H11F6N3. The number of aromatic nitrogens is 3. The second-order valence-corrected chi connectivity index (χ2v) is 5.54. The maximum Gasteiger partial charge on any atom is 0.435 e. The van der Waals surface area contributed by atoms with Crippen LogP contribution < -0.4 is 0 Å². The number of halogens is 6. The van der Waals surface area contributed by atoms with E-state index in [0.29, 0.717) is 11.6 Å². The minimum absolute atomic E-state index is 0.0149. The maximum absolute atomic E-state index is 13.2. The Hall–Kier alpha value is -2.84. The molecule has 0 fully saturated rings. The normalized spacial score (nSPS) is 12.4. The molecule has 0 aliphatic heterocycles. The van der Waals surface area contributed by atoms with E-state index >= 15 is 0 Å². The first-order chi connectivity index (χ1) is 12.1. The summed E-state index contributed by atoms with van der Waals surface area (Å²) in [4.78, 5) is 4.08. The second kappa shape index (κ2) is 6.15. The van der Waals surface area contributed by atoms with E-state index in [9.17, 15) is 26.3 Å². The number of aryl methyl sites for hydroxylation is 1. The molecule has 0 atom stereocenters. The Balaban J connectivity index is 2.20. The number of alkyl halides is 6. The first-order valence-corrected chi connectivity index (χ1v) is 7.34. The molecule has 0 radical (unpaired) electrons. The Labute approximate surface area is 143 Å². The van der Waals surface area contributed by atoms with E-state index in [4.69, 9.17) is 0 Å². The van der Waals surface area contributed by atoms with Crippen LogP contribution in [-0.2, 0) is 12.4 Å². The van der Waals surface area contributed by atoms with Gasteiger partial charge in [-0.3, -0.25) is 0 Å². The van der Waals surface area contributed by atoms with Gasteiger partial charge >= 0.3 is 12.4 Å². The molecule has 0 N–H and O–H groups in total. The van der Waals surface area contributed by atoms with Crippen molar-refractivity contribution < 1.29 is 26.3 Å². The summed E-state index contributed by atoms with van der Waals surface area (Å²) in [7, 11) is 0. The van der Waals surface area contributed by atoms with Crippen LogP contribution in [0.25, 0.3) is 17.1 Å². The highest BCUT2D eigenvalue weighted by atomic mass is 19.4. The molecule has 0 saturated carbocycles. The van der Waals surface area contributed by atoms with Gasteiger partial charge in [0.15, 0.2) is 11.5 Å². The van der Waals surface area contributed by atoms with E-state index in [1.807, 2.05) is 0 Å². The molecule has 0 bridgehead atoms. The van der Waals surface area contributed by atoms with E-state index in [1.54, 1.807) is 30.3 Å².